The summed E-state index contributed by atoms with van der Waals surface area (Å²) in [7, 11) is -8.32. The van der Waals surface area contributed by atoms with Crippen LogP contribution in [-0.4, -0.2) is 28.9 Å². The summed E-state index contributed by atoms with van der Waals surface area (Å²) < 4.78 is 62.7. The highest BCUT2D eigenvalue weighted by Gasteiger charge is 2.19. The first-order chi connectivity index (χ1) is 26.0. The molecule has 0 aromatic heterocycles. The summed E-state index contributed by atoms with van der Waals surface area (Å²) in [5, 5.41) is 13.9. The number of hydrogen-bond acceptors (Lipinski definition) is 8. The Morgan fingerprint density at radius 1 is 0.370 bits per heavy atom. The van der Waals surface area contributed by atoms with Crippen molar-refractivity contribution in [1.82, 2.24) is 0 Å². The van der Waals surface area contributed by atoms with Gasteiger partial charge in [0.2, 0.25) is 0 Å². The van der Waals surface area contributed by atoms with Crippen molar-refractivity contribution in [3.8, 4) is 11.5 Å². The largest absolute Gasteiger partial charge is 0.379 e. The quantitative estimate of drug-likeness (QED) is 0.100. The molecular weight excluding hydrogens is 729 g/mol. The topological polar surface area (TPSA) is 169 Å². The average Bonchev–Trinajstić information content (AvgIpc) is 3.14. The van der Waals surface area contributed by atoms with Crippen LogP contribution in [0, 0.1) is 0 Å². The predicted octanol–water partition coefficient (Wildman–Crippen LogP) is 8.82. The van der Waals surface area contributed by atoms with Gasteiger partial charge in [-0.3, -0.25) is 0 Å². The molecule has 0 unspecified atom stereocenters. The van der Waals surface area contributed by atoms with Crippen molar-refractivity contribution in [1.29, 1.82) is 0 Å². The van der Waals surface area contributed by atoms with Crippen molar-refractivity contribution in [2.75, 3.05) is 21.3 Å². The molecule has 0 aliphatic rings. The molecule has 0 bridgehead atoms. The smallest absolute Gasteiger partial charge is 0.339 e. The Hall–Kier alpha value is -6.90. The standard InChI is InChI=1S/C40H30N4O8S2/c45-39(43-33-14-6-16-35(25-33)51-53(47,48)37-20-18-27-8-1-3-10-29(27)22-37)41-31-12-5-13-32(24-31)42-40(46)44-34-15-7-17-36(26-34)52-54(49,50)38-21-19-28-9-2-4-11-30(28)23-38/h1-26H,(H2,41,43,45)(H2,42,44,46). The van der Waals surface area contributed by atoms with Gasteiger partial charge in [-0.25, -0.2) is 9.59 Å². The lowest BCUT2D eigenvalue weighted by Gasteiger charge is -2.12. The third kappa shape index (κ3) is 8.58. The van der Waals surface area contributed by atoms with E-state index in [1.165, 1.54) is 66.7 Å². The number of urea groups is 2. The minimum atomic E-state index is -4.16. The van der Waals surface area contributed by atoms with E-state index < -0.39 is 32.3 Å². The molecule has 0 aliphatic heterocycles. The molecule has 0 heterocycles. The number of fused-ring (bicyclic) bond motifs is 2. The van der Waals surface area contributed by atoms with Crippen LogP contribution >= 0.6 is 0 Å². The number of carbonyl (C=O) groups is 2. The van der Waals surface area contributed by atoms with Crippen molar-refractivity contribution < 1.29 is 34.8 Å². The van der Waals surface area contributed by atoms with E-state index in [0.717, 1.165) is 21.5 Å². The maximum atomic E-state index is 13.0. The van der Waals surface area contributed by atoms with Gasteiger partial charge in [0.25, 0.3) is 0 Å². The van der Waals surface area contributed by atoms with Crippen LogP contribution in [-0.2, 0) is 20.2 Å². The van der Waals surface area contributed by atoms with Crippen LogP contribution in [0.15, 0.2) is 168 Å². The second-order valence-electron chi connectivity index (χ2n) is 11.9. The van der Waals surface area contributed by atoms with Gasteiger partial charge in [0.1, 0.15) is 21.3 Å². The first-order valence-corrected chi connectivity index (χ1v) is 19.1. The number of amides is 4. The molecule has 0 saturated carbocycles. The fourth-order valence-electron chi connectivity index (χ4n) is 5.51. The molecule has 7 aromatic carbocycles. The van der Waals surface area contributed by atoms with Gasteiger partial charge >= 0.3 is 32.3 Å². The average molecular weight is 759 g/mol. The van der Waals surface area contributed by atoms with Crippen LogP contribution in [0.25, 0.3) is 21.5 Å². The maximum Gasteiger partial charge on any atom is 0.339 e. The highest BCUT2D eigenvalue weighted by atomic mass is 32.2. The summed E-state index contributed by atoms with van der Waals surface area (Å²) in [4.78, 5) is 25.7. The zero-order chi connectivity index (χ0) is 37.7. The lowest BCUT2D eigenvalue weighted by atomic mass is 10.1. The van der Waals surface area contributed by atoms with Crippen molar-refractivity contribution in [3.05, 3.63) is 158 Å². The van der Waals surface area contributed by atoms with Crippen LogP contribution in [0.4, 0.5) is 32.3 Å². The van der Waals surface area contributed by atoms with E-state index in [1.54, 1.807) is 54.6 Å². The van der Waals surface area contributed by atoms with E-state index in [-0.39, 0.29) is 32.7 Å². The van der Waals surface area contributed by atoms with Gasteiger partial charge in [-0.15, -0.1) is 0 Å². The third-order valence-corrected chi connectivity index (χ3v) is 10.5. The second-order valence-corrected chi connectivity index (χ2v) is 15.0. The molecule has 4 amide bonds. The molecule has 0 aliphatic carbocycles. The Balaban J connectivity index is 0.940. The summed E-state index contributed by atoms with van der Waals surface area (Å²) in [6.45, 7) is 0. The normalized spacial score (nSPS) is 11.4. The highest BCUT2D eigenvalue weighted by molar-refractivity contribution is 7.87. The molecule has 12 nitrogen and oxygen atoms in total. The van der Waals surface area contributed by atoms with E-state index in [1.807, 2.05) is 36.4 Å². The summed E-state index contributed by atoms with van der Waals surface area (Å²) in [6.07, 6.45) is 0. The first-order valence-electron chi connectivity index (χ1n) is 16.3. The van der Waals surface area contributed by atoms with Gasteiger partial charge in [-0.05, 0) is 88.3 Å². The molecule has 270 valence electrons. The summed E-state index contributed by atoms with van der Waals surface area (Å²) in [6, 6.07) is 41.1. The van der Waals surface area contributed by atoms with Gasteiger partial charge in [0, 0.05) is 34.9 Å². The molecule has 0 radical (unpaired) electrons. The third-order valence-electron chi connectivity index (χ3n) is 7.99. The Labute approximate surface area is 310 Å². The number of benzene rings is 7. The van der Waals surface area contributed by atoms with E-state index in [4.69, 9.17) is 8.37 Å². The summed E-state index contributed by atoms with van der Waals surface area (Å²) >= 11 is 0. The van der Waals surface area contributed by atoms with Gasteiger partial charge in [-0.2, -0.15) is 16.8 Å². The molecule has 7 rings (SSSR count). The van der Waals surface area contributed by atoms with E-state index in [0.29, 0.717) is 11.4 Å². The van der Waals surface area contributed by atoms with E-state index in [2.05, 4.69) is 21.3 Å². The summed E-state index contributed by atoms with van der Waals surface area (Å²) in [5.41, 5.74) is 1.21. The second kappa shape index (κ2) is 15.0. The fraction of sp³-hybridized carbons (Fsp3) is 0. The van der Waals surface area contributed by atoms with Crippen LogP contribution < -0.4 is 29.6 Å². The van der Waals surface area contributed by atoms with Crippen molar-refractivity contribution in [3.63, 3.8) is 0 Å². The number of carbonyl (C=O) groups excluding carboxylic acids is 2. The van der Waals surface area contributed by atoms with Crippen LogP contribution in [0.5, 0.6) is 11.5 Å². The Morgan fingerprint density at radius 2 is 0.722 bits per heavy atom. The first kappa shape index (κ1) is 35.5. The van der Waals surface area contributed by atoms with Crippen molar-refractivity contribution >= 4 is 76.6 Å². The highest BCUT2D eigenvalue weighted by Crippen LogP contribution is 2.27. The van der Waals surface area contributed by atoms with Crippen LogP contribution in [0.1, 0.15) is 0 Å². The molecule has 14 heteroatoms. The molecule has 4 N–H and O–H groups in total. The van der Waals surface area contributed by atoms with Gasteiger partial charge in [0.05, 0.1) is 0 Å². The number of rotatable bonds is 10. The number of nitrogens with one attached hydrogen (secondary N) is 4. The number of hydrogen-bond donors (Lipinski definition) is 4. The maximum absolute atomic E-state index is 13.0. The van der Waals surface area contributed by atoms with Gasteiger partial charge in [0.15, 0.2) is 0 Å². The molecule has 0 fully saturated rings. The zero-order valence-electron chi connectivity index (χ0n) is 28.1. The molecule has 0 spiro atoms. The van der Waals surface area contributed by atoms with E-state index in [9.17, 15) is 26.4 Å². The van der Waals surface area contributed by atoms with Gasteiger partial charge in [-0.1, -0.05) is 78.9 Å². The summed E-state index contributed by atoms with van der Waals surface area (Å²) in [5.74, 6) is 0.00337. The molecular formula is C40H30N4O8S2. The number of anilines is 4. The predicted molar refractivity (Wildman–Crippen MR) is 208 cm³/mol. The molecule has 54 heavy (non-hydrogen) atoms. The van der Waals surface area contributed by atoms with Crippen LogP contribution in [0.3, 0.4) is 0 Å². The molecule has 7 aromatic rings. The fourth-order valence-corrected chi connectivity index (χ4v) is 7.43. The Bertz CT molecular complexity index is 2590. The Morgan fingerprint density at radius 3 is 1.13 bits per heavy atom. The minimum Gasteiger partial charge on any atom is -0.379 e. The molecule has 0 atom stereocenters. The molecule has 0 saturated heterocycles. The lowest BCUT2D eigenvalue weighted by molar-refractivity contribution is 0.261. The van der Waals surface area contributed by atoms with Crippen LogP contribution in [0.2, 0.25) is 0 Å². The van der Waals surface area contributed by atoms with Crippen molar-refractivity contribution in [2.45, 2.75) is 9.79 Å². The Kier molecular flexibility index (Phi) is 9.85. The van der Waals surface area contributed by atoms with E-state index >= 15 is 0 Å². The monoisotopic (exact) mass is 758 g/mol. The van der Waals surface area contributed by atoms with Gasteiger partial charge < -0.3 is 29.6 Å². The minimum absolute atomic E-state index is 0.00168. The lowest BCUT2D eigenvalue weighted by Crippen LogP contribution is -2.21. The van der Waals surface area contributed by atoms with Crippen molar-refractivity contribution in [2.24, 2.45) is 0 Å². The zero-order valence-corrected chi connectivity index (χ0v) is 29.7. The SMILES string of the molecule is O=C(Nc1cccc(NC(=O)Nc2cccc(OS(=O)(=O)c3ccc4ccccc4c3)c2)c1)Nc1cccc(OS(=O)(=O)c2ccc3ccccc3c2)c1.